The van der Waals surface area contributed by atoms with Crippen molar-refractivity contribution in [1.29, 1.82) is 0 Å². The van der Waals surface area contributed by atoms with E-state index in [0.717, 1.165) is 17.7 Å². The molecule has 4 rings (SSSR count). The van der Waals surface area contributed by atoms with Crippen molar-refractivity contribution < 1.29 is 23.7 Å². The van der Waals surface area contributed by atoms with Gasteiger partial charge in [-0.25, -0.2) is 9.79 Å². The minimum absolute atomic E-state index is 0.189. The Kier molecular flexibility index (Phi) is 4.31. The van der Waals surface area contributed by atoms with E-state index in [9.17, 15) is 4.79 Å². The molecular formula is C20H17NO5. The smallest absolute Gasteiger partial charge is 0.363 e. The third-order valence-corrected chi connectivity index (χ3v) is 3.90. The summed E-state index contributed by atoms with van der Waals surface area (Å²) in [5.41, 5.74) is 1.76. The number of nitrogens with zero attached hydrogens (tertiary/aromatic N) is 1. The van der Waals surface area contributed by atoms with Crippen LogP contribution in [0.4, 0.5) is 0 Å². The van der Waals surface area contributed by atoms with Gasteiger partial charge in [-0.15, -0.1) is 0 Å². The molecule has 2 aromatic carbocycles. The summed E-state index contributed by atoms with van der Waals surface area (Å²) >= 11 is 0. The fourth-order valence-corrected chi connectivity index (χ4v) is 2.60. The Balaban J connectivity index is 1.55. The predicted molar refractivity (Wildman–Crippen MR) is 95.4 cm³/mol. The van der Waals surface area contributed by atoms with E-state index < -0.39 is 5.97 Å². The molecule has 0 bridgehead atoms. The number of hydrogen-bond donors (Lipinski definition) is 0. The molecule has 0 aromatic heterocycles. The summed E-state index contributed by atoms with van der Waals surface area (Å²) < 4.78 is 21.5. The van der Waals surface area contributed by atoms with E-state index in [1.54, 1.807) is 24.3 Å². The number of cyclic esters (lactones) is 1. The Morgan fingerprint density at radius 2 is 1.92 bits per heavy atom. The zero-order valence-electron chi connectivity index (χ0n) is 14.2. The van der Waals surface area contributed by atoms with Gasteiger partial charge in [-0.1, -0.05) is 19.1 Å². The Labute approximate surface area is 150 Å². The molecule has 0 saturated carbocycles. The molecule has 0 unspecified atom stereocenters. The fraction of sp³-hybridized carbons (Fsp3) is 0.200. The molecule has 0 spiro atoms. The summed E-state index contributed by atoms with van der Waals surface area (Å²) in [6.45, 7) is 2.92. The first-order valence-electron chi connectivity index (χ1n) is 8.38. The van der Waals surface area contributed by atoms with Gasteiger partial charge in [-0.3, -0.25) is 0 Å². The quantitative estimate of drug-likeness (QED) is 0.609. The van der Waals surface area contributed by atoms with Gasteiger partial charge in [0.25, 0.3) is 0 Å². The largest absolute Gasteiger partial charge is 0.494 e. The van der Waals surface area contributed by atoms with Gasteiger partial charge >= 0.3 is 5.97 Å². The van der Waals surface area contributed by atoms with E-state index in [1.165, 1.54) is 0 Å². The highest BCUT2D eigenvalue weighted by molar-refractivity contribution is 6.13. The molecule has 0 atom stereocenters. The molecule has 6 heteroatoms. The Hall–Kier alpha value is -3.28. The average Bonchev–Trinajstić information content (AvgIpc) is 3.27. The number of carbonyl (C=O) groups excluding carboxylic acids is 1. The topological polar surface area (TPSA) is 66.3 Å². The maximum atomic E-state index is 12.1. The average molecular weight is 351 g/mol. The minimum Gasteiger partial charge on any atom is -0.494 e. The van der Waals surface area contributed by atoms with Crippen LogP contribution >= 0.6 is 0 Å². The zero-order valence-corrected chi connectivity index (χ0v) is 14.2. The van der Waals surface area contributed by atoms with Crippen molar-refractivity contribution in [3.8, 4) is 17.2 Å². The first-order valence-corrected chi connectivity index (χ1v) is 8.38. The van der Waals surface area contributed by atoms with E-state index in [-0.39, 0.29) is 18.4 Å². The minimum atomic E-state index is -0.482. The normalized spacial score (nSPS) is 16.6. The van der Waals surface area contributed by atoms with Crippen LogP contribution in [0.25, 0.3) is 6.08 Å². The summed E-state index contributed by atoms with van der Waals surface area (Å²) in [7, 11) is 0. The van der Waals surface area contributed by atoms with Gasteiger partial charge in [0.15, 0.2) is 17.2 Å². The van der Waals surface area contributed by atoms with Crippen LogP contribution in [0.1, 0.15) is 24.5 Å². The van der Waals surface area contributed by atoms with Crippen LogP contribution in [-0.2, 0) is 9.53 Å². The lowest BCUT2D eigenvalue weighted by Gasteiger charge is -2.04. The van der Waals surface area contributed by atoms with E-state index in [2.05, 4.69) is 11.9 Å². The van der Waals surface area contributed by atoms with E-state index in [0.29, 0.717) is 23.7 Å². The molecular weight excluding hydrogens is 334 g/mol. The predicted octanol–water partition coefficient (Wildman–Crippen LogP) is 3.55. The Bertz CT molecular complexity index is 899. The molecule has 2 aliphatic rings. The summed E-state index contributed by atoms with van der Waals surface area (Å²) in [5, 5.41) is 0. The van der Waals surface area contributed by atoms with E-state index >= 15 is 0 Å². The first kappa shape index (κ1) is 16.2. The number of rotatable bonds is 5. The maximum absolute atomic E-state index is 12.1. The number of esters is 1. The van der Waals surface area contributed by atoms with Crippen LogP contribution in [-0.4, -0.2) is 25.3 Å². The van der Waals surface area contributed by atoms with Crippen LogP contribution in [0.3, 0.4) is 0 Å². The highest BCUT2D eigenvalue weighted by atomic mass is 16.7. The summed E-state index contributed by atoms with van der Waals surface area (Å²) in [6, 6.07) is 12.8. The van der Waals surface area contributed by atoms with Crippen LogP contribution in [0.5, 0.6) is 17.2 Å². The molecule has 0 radical (unpaired) electrons. The standard InChI is InChI=1S/C20H17NO5/c1-2-9-23-15-6-3-13(4-7-15)10-16-20(22)26-19(21-16)14-5-8-17-18(11-14)25-12-24-17/h3-8,10-11H,2,9,12H2,1H3/b16-10-. The molecule has 26 heavy (non-hydrogen) atoms. The Morgan fingerprint density at radius 1 is 1.12 bits per heavy atom. The van der Waals surface area contributed by atoms with Crippen molar-refractivity contribution in [3.05, 3.63) is 59.3 Å². The van der Waals surface area contributed by atoms with Crippen LogP contribution in [0.15, 0.2) is 53.2 Å². The SMILES string of the molecule is CCCOc1ccc(/C=C2\N=C(c3ccc4c(c3)OCO4)OC2=O)cc1. The fourth-order valence-electron chi connectivity index (χ4n) is 2.60. The van der Waals surface area contributed by atoms with Crippen molar-refractivity contribution in [2.45, 2.75) is 13.3 Å². The van der Waals surface area contributed by atoms with Gasteiger partial charge in [0.2, 0.25) is 12.7 Å². The molecule has 132 valence electrons. The van der Waals surface area contributed by atoms with Crippen LogP contribution < -0.4 is 14.2 Å². The monoisotopic (exact) mass is 351 g/mol. The van der Waals surface area contributed by atoms with Crippen molar-refractivity contribution in [2.24, 2.45) is 4.99 Å². The number of aliphatic imine (C=N–C) groups is 1. The van der Waals surface area contributed by atoms with Crippen molar-refractivity contribution >= 4 is 17.9 Å². The molecule has 0 aliphatic carbocycles. The van der Waals surface area contributed by atoms with E-state index in [1.807, 2.05) is 24.3 Å². The van der Waals surface area contributed by atoms with Crippen molar-refractivity contribution in [2.75, 3.05) is 13.4 Å². The number of hydrogen-bond acceptors (Lipinski definition) is 6. The number of carbonyl (C=O) groups is 1. The number of fused-ring (bicyclic) bond motifs is 1. The molecule has 6 nitrogen and oxygen atoms in total. The summed E-state index contributed by atoms with van der Waals surface area (Å²) in [6.07, 6.45) is 2.64. The lowest BCUT2D eigenvalue weighted by Crippen LogP contribution is -2.05. The van der Waals surface area contributed by atoms with Crippen LogP contribution in [0.2, 0.25) is 0 Å². The maximum Gasteiger partial charge on any atom is 0.363 e. The van der Waals surface area contributed by atoms with E-state index in [4.69, 9.17) is 18.9 Å². The number of benzene rings is 2. The molecule has 0 N–H and O–H groups in total. The van der Waals surface area contributed by atoms with Gasteiger partial charge in [-0.05, 0) is 48.4 Å². The lowest BCUT2D eigenvalue weighted by molar-refractivity contribution is -0.129. The summed E-state index contributed by atoms with van der Waals surface area (Å²) in [5.74, 6) is 1.85. The van der Waals surface area contributed by atoms with Gasteiger partial charge in [-0.2, -0.15) is 0 Å². The second kappa shape index (κ2) is 6.92. The van der Waals surface area contributed by atoms with Crippen LogP contribution in [0, 0.1) is 0 Å². The third-order valence-electron chi connectivity index (χ3n) is 3.90. The second-order valence-corrected chi connectivity index (χ2v) is 5.82. The van der Waals surface area contributed by atoms with Crippen molar-refractivity contribution in [1.82, 2.24) is 0 Å². The third kappa shape index (κ3) is 3.26. The molecule has 2 aliphatic heterocycles. The van der Waals surface area contributed by atoms with Gasteiger partial charge in [0, 0.05) is 5.56 Å². The van der Waals surface area contributed by atoms with Gasteiger partial charge < -0.3 is 18.9 Å². The Morgan fingerprint density at radius 3 is 2.73 bits per heavy atom. The van der Waals surface area contributed by atoms with Gasteiger partial charge in [0.05, 0.1) is 6.61 Å². The lowest BCUT2D eigenvalue weighted by atomic mass is 10.2. The number of ether oxygens (including phenoxy) is 4. The molecule has 2 heterocycles. The summed E-state index contributed by atoms with van der Waals surface area (Å²) in [4.78, 5) is 16.4. The highest BCUT2D eigenvalue weighted by Crippen LogP contribution is 2.33. The molecule has 0 amide bonds. The van der Waals surface area contributed by atoms with Gasteiger partial charge in [0.1, 0.15) is 5.75 Å². The zero-order chi connectivity index (χ0) is 17.9. The first-order chi connectivity index (χ1) is 12.7. The van der Waals surface area contributed by atoms with Crippen molar-refractivity contribution in [3.63, 3.8) is 0 Å². The molecule has 0 fully saturated rings. The highest BCUT2D eigenvalue weighted by Gasteiger charge is 2.25. The second-order valence-electron chi connectivity index (χ2n) is 5.82. The molecule has 0 saturated heterocycles. The molecule has 2 aromatic rings.